The predicted molar refractivity (Wildman–Crippen MR) is 99.2 cm³/mol. The van der Waals surface area contributed by atoms with Crippen LogP contribution in [0.2, 0.25) is 0 Å². The summed E-state index contributed by atoms with van der Waals surface area (Å²) >= 11 is 0. The molecule has 3 N–H and O–H groups in total. The van der Waals surface area contributed by atoms with Crippen molar-refractivity contribution in [2.75, 3.05) is 6.54 Å². The zero-order chi connectivity index (χ0) is 21.6. The molecular weight excluding hydrogens is 389 g/mol. The lowest BCUT2D eigenvalue weighted by atomic mass is 10.1. The molecule has 0 saturated carbocycles. The fourth-order valence-corrected chi connectivity index (χ4v) is 2.49. The van der Waals surface area contributed by atoms with Crippen molar-refractivity contribution in [1.82, 2.24) is 10.6 Å². The summed E-state index contributed by atoms with van der Waals surface area (Å²) in [4.78, 5) is 24.3. The SMILES string of the molecule is Cc1cccc(C(=O)NC(C)C(=O)NCC(O)c2ccc(OC(F)(F)F)cc2)c1. The summed E-state index contributed by atoms with van der Waals surface area (Å²) in [6.45, 7) is 3.16. The van der Waals surface area contributed by atoms with Crippen LogP contribution >= 0.6 is 0 Å². The minimum Gasteiger partial charge on any atom is -0.406 e. The molecule has 0 bridgehead atoms. The molecule has 0 aliphatic rings. The molecule has 0 aliphatic carbocycles. The summed E-state index contributed by atoms with van der Waals surface area (Å²) in [6, 6.07) is 10.7. The van der Waals surface area contributed by atoms with Crippen LogP contribution < -0.4 is 15.4 Å². The Bertz CT molecular complexity index is 854. The van der Waals surface area contributed by atoms with E-state index in [1.54, 1.807) is 18.2 Å². The zero-order valence-electron chi connectivity index (χ0n) is 15.8. The number of rotatable bonds is 7. The van der Waals surface area contributed by atoms with E-state index >= 15 is 0 Å². The second kappa shape index (κ2) is 9.42. The van der Waals surface area contributed by atoms with Gasteiger partial charge in [-0.25, -0.2) is 0 Å². The maximum atomic E-state index is 12.2. The highest BCUT2D eigenvalue weighted by Gasteiger charge is 2.31. The third-order valence-corrected chi connectivity index (χ3v) is 3.99. The number of hydrogen-bond donors (Lipinski definition) is 3. The summed E-state index contributed by atoms with van der Waals surface area (Å²) in [7, 11) is 0. The highest BCUT2D eigenvalue weighted by molar-refractivity contribution is 5.97. The number of nitrogens with one attached hydrogen (secondary N) is 2. The Kier molecular flexibility index (Phi) is 7.22. The van der Waals surface area contributed by atoms with E-state index in [1.807, 2.05) is 13.0 Å². The van der Waals surface area contributed by atoms with Crippen LogP contribution in [0, 0.1) is 6.92 Å². The maximum Gasteiger partial charge on any atom is 0.573 e. The zero-order valence-corrected chi connectivity index (χ0v) is 15.8. The van der Waals surface area contributed by atoms with Crippen LogP contribution in [-0.2, 0) is 4.79 Å². The molecule has 156 valence electrons. The van der Waals surface area contributed by atoms with E-state index in [-0.39, 0.29) is 6.54 Å². The molecule has 29 heavy (non-hydrogen) atoms. The highest BCUT2D eigenvalue weighted by Crippen LogP contribution is 2.24. The van der Waals surface area contributed by atoms with Gasteiger partial charge >= 0.3 is 6.36 Å². The second-order valence-corrected chi connectivity index (χ2v) is 6.44. The molecule has 2 aromatic rings. The normalized spacial score (nSPS) is 13.3. The Balaban J connectivity index is 1.85. The lowest BCUT2D eigenvalue weighted by Crippen LogP contribution is -2.45. The van der Waals surface area contributed by atoms with E-state index in [1.165, 1.54) is 19.1 Å². The molecule has 2 rings (SSSR count). The van der Waals surface area contributed by atoms with Crippen LogP contribution in [0.4, 0.5) is 13.2 Å². The number of aliphatic hydroxyl groups excluding tert-OH is 1. The Hall–Kier alpha value is -3.07. The van der Waals surface area contributed by atoms with Gasteiger partial charge in [0.25, 0.3) is 5.91 Å². The maximum absolute atomic E-state index is 12.2. The van der Waals surface area contributed by atoms with Gasteiger partial charge in [0.05, 0.1) is 6.10 Å². The van der Waals surface area contributed by atoms with Gasteiger partial charge in [-0.3, -0.25) is 9.59 Å². The summed E-state index contributed by atoms with van der Waals surface area (Å²) in [5, 5.41) is 15.1. The van der Waals surface area contributed by atoms with Gasteiger partial charge in [0.15, 0.2) is 0 Å². The monoisotopic (exact) mass is 410 g/mol. The van der Waals surface area contributed by atoms with Crippen molar-refractivity contribution >= 4 is 11.8 Å². The number of halogens is 3. The van der Waals surface area contributed by atoms with E-state index in [0.29, 0.717) is 11.1 Å². The number of ether oxygens (including phenoxy) is 1. The number of aliphatic hydroxyl groups is 1. The molecule has 0 aromatic heterocycles. The van der Waals surface area contributed by atoms with Gasteiger partial charge in [-0.15, -0.1) is 13.2 Å². The van der Waals surface area contributed by atoms with Crippen LogP contribution in [0.1, 0.15) is 34.5 Å². The summed E-state index contributed by atoms with van der Waals surface area (Å²) in [5.74, 6) is -1.33. The Morgan fingerprint density at radius 2 is 1.79 bits per heavy atom. The van der Waals surface area contributed by atoms with Crippen molar-refractivity contribution in [3.8, 4) is 5.75 Å². The number of carbonyl (C=O) groups excluding carboxylic acids is 2. The van der Waals surface area contributed by atoms with Crippen molar-refractivity contribution in [2.24, 2.45) is 0 Å². The molecule has 0 radical (unpaired) electrons. The second-order valence-electron chi connectivity index (χ2n) is 6.44. The lowest BCUT2D eigenvalue weighted by Gasteiger charge is -2.17. The van der Waals surface area contributed by atoms with Gasteiger partial charge in [0, 0.05) is 12.1 Å². The van der Waals surface area contributed by atoms with Gasteiger partial charge in [0.2, 0.25) is 5.91 Å². The first-order chi connectivity index (χ1) is 13.5. The van der Waals surface area contributed by atoms with Crippen LogP contribution in [0.5, 0.6) is 5.75 Å². The predicted octanol–water partition coefficient (Wildman–Crippen LogP) is 2.86. The van der Waals surface area contributed by atoms with Crippen molar-refractivity contribution in [2.45, 2.75) is 32.4 Å². The van der Waals surface area contributed by atoms with E-state index in [4.69, 9.17) is 0 Å². The molecule has 0 aliphatic heterocycles. The van der Waals surface area contributed by atoms with Gasteiger partial charge in [-0.05, 0) is 43.7 Å². The average molecular weight is 410 g/mol. The highest BCUT2D eigenvalue weighted by atomic mass is 19.4. The molecule has 0 saturated heterocycles. The van der Waals surface area contributed by atoms with E-state index in [9.17, 15) is 27.9 Å². The Labute approximate surface area is 165 Å². The summed E-state index contributed by atoms with van der Waals surface area (Å²) in [5.41, 5.74) is 1.63. The van der Waals surface area contributed by atoms with E-state index in [2.05, 4.69) is 15.4 Å². The smallest absolute Gasteiger partial charge is 0.406 e. The molecule has 2 atom stereocenters. The molecule has 0 spiro atoms. The Morgan fingerprint density at radius 3 is 2.38 bits per heavy atom. The van der Waals surface area contributed by atoms with Gasteiger partial charge < -0.3 is 20.5 Å². The third kappa shape index (κ3) is 7.11. The first kappa shape index (κ1) is 22.2. The van der Waals surface area contributed by atoms with E-state index < -0.39 is 36.1 Å². The fraction of sp³-hybridized carbons (Fsp3) is 0.300. The number of carbonyl (C=O) groups is 2. The van der Waals surface area contributed by atoms with Crippen LogP contribution in [0.3, 0.4) is 0 Å². The number of aryl methyl sites for hydroxylation is 1. The van der Waals surface area contributed by atoms with Crippen molar-refractivity contribution < 1.29 is 32.6 Å². The minimum absolute atomic E-state index is 0.178. The molecule has 2 aromatic carbocycles. The molecule has 0 heterocycles. The number of alkyl halides is 3. The summed E-state index contributed by atoms with van der Waals surface area (Å²) < 4.78 is 40.2. The topological polar surface area (TPSA) is 87.7 Å². The molecule has 2 amide bonds. The van der Waals surface area contributed by atoms with Gasteiger partial charge in [-0.2, -0.15) is 0 Å². The van der Waals surface area contributed by atoms with Crippen molar-refractivity contribution in [3.63, 3.8) is 0 Å². The average Bonchev–Trinajstić information content (AvgIpc) is 2.65. The molecular formula is C20H21F3N2O4. The first-order valence-electron chi connectivity index (χ1n) is 8.74. The molecule has 6 nitrogen and oxygen atoms in total. The van der Waals surface area contributed by atoms with Crippen molar-refractivity contribution in [3.05, 3.63) is 65.2 Å². The standard InChI is InChI=1S/C20H21F3N2O4/c1-12-4-3-5-15(10-12)19(28)25-13(2)18(27)24-11-17(26)14-6-8-16(9-7-14)29-20(21,22)23/h3-10,13,17,26H,11H2,1-2H3,(H,24,27)(H,25,28). The number of amides is 2. The molecule has 2 unspecified atom stereocenters. The quantitative estimate of drug-likeness (QED) is 0.655. The van der Waals surface area contributed by atoms with Gasteiger partial charge in [-0.1, -0.05) is 29.8 Å². The first-order valence-corrected chi connectivity index (χ1v) is 8.74. The Morgan fingerprint density at radius 1 is 1.14 bits per heavy atom. The lowest BCUT2D eigenvalue weighted by molar-refractivity contribution is -0.274. The van der Waals surface area contributed by atoms with Crippen LogP contribution in [-0.4, -0.2) is 35.9 Å². The third-order valence-electron chi connectivity index (χ3n) is 3.99. The van der Waals surface area contributed by atoms with Crippen molar-refractivity contribution in [1.29, 1.82) is 0 Å². The number of hydrogen-bond acceptors (Lipinski definition) is 4. The fourth-order valence-electron chi connectivity index (χ4n) is 2.49. The molecule has 9 heteroatoms. The minimum atomic E-state index is -4.80. The van der Waals surface area contributed by atoms with E-state index in [0.717, 1.165) is 17.7 Å². The van der Waals surface area contributed by atoms with Crippen LogP contribution in [0.25, 0.3) is 0 Å². The largest absolute Gasteiger partial charge is 0.573 e. The number of benzene rings is 2. The summed E-state index contributed by atoms with van der Waals surface area (Å²) in [6.07, 6.45) is -5.94. The molecule has 0 fully saturated rings. The van der Waals surface area contributed by atoms with Gasteiger partial charge in [0.1, 0.15) is 11.8 Å². The van der Waals surface area contributed by atoms with Crippen LogP contribution in [0.15, 0.2) is 48.5 Å².